The topological polar surface area (TPSA) is 17.8 Å². The molecule has 0 spiro atoms. The largest absolute Gasteiger partial charge is 0.259 e. The number of halogens is 2. The minimum atomic E-state index is -0.221. The van der Waals surface area contributed by atoms with Crippen LogP contribution < -0.4 is 0 Å². The molecule has 28 heavy (non-hydrogen) atoms. The van der Waals surface area contributed by atoms with Crippen molar-refractivity contribution < 1.29 is 4.39 Å². The molecule has 0 radical (unpaired) electrons. The molecular weight excluding hydrogens is 415 g/mol. The Bertz CT molecular complexity index is 1110. The molecule has 2 nitrogen and oxygen atoms in total. The number of hydrogen-bond donors (Lipinski definition) is 0. The second-order valence-corrected chi connectivity index (χ2v) is 7.79. The Morgan fingerprint density at radius 1 is 0.821 bits per heavy atom. The highest BCUT2D eigenvalue weighted by Gasteiger charge is 2.19. The van der Waals surface area contributed by atoms with Crippen LogP contribution in [0.25, 0.3) is 22.5 Å². The molecule has 3 aromatic carbocycles. The fraction of sp³-hybridized carbons (Fsp3) is 0.125. The van der Waals surface area contributed by atoms with E-state index in [4.69, 9.17) is 5.10 Å². The Hall–Kier alpha value is -2.72. The van der Waals surface area contributed by atoms with Crippen molar-refractivity contribution in [3.63, 3.8) is 0 Å². The summed E-state index contributed by atoms with van der Waals surface area (Å²) in [6.07, 6.45) is 0. The summed E-state index contributed by atoms with van der Waals surface area (Å²) < 4.78 is 17.1. The van der Waals surface area contributed by atoms with E-state index in [0.29, 0.717) is 12.1 Å². The van der Waals surface area contributed by atoms with Crippen molar-refractivity contribution in [2.75, 3.05) is 0 Å². The molecule has 0 saturated heterocycles. The molecule has 0 bridgehead atoms. The predicted molar refractivity (Wildman–Crippen MR) is 116 cm³/mol. The number of aryl methyl sites for hydroxylation is 2. The maximum Gasteiger partial charge on any atom is 0.128 e. The molecule has 4 rings (SSSR count). The summed E-state index contributed by atoms with van der Waals surface area (Å²) in [6, 6.07) is 23.4. The van der Waals surface area contributed by atoms with Crippen molar-refractivity contribution in [2.24, 2.45) is 0 Å². The second-order valence-electron chi connectivity index (χ2n) is 6.99. The third kappa shape index (κ3) is 3.65. The van der Waals surface area contributed by atoms with Gasteiger partial charge in [-0.25, -0.2) is 4.39 Å². The van der Waals surface area contributed by atoms with Gasteiger partial charge in [0.25, 0.3) is 0 Å². The number of benzene rings is 3. The van der Waals surface area contributed by atoms with Crippen LogP contribution in [0.1, 0.15) is 16.7 Å². The second kappa shape index (κ2) is 7.72. The zero-order valence-corrected chi connectivity index (χ0v) is 17.4. The minimum absolute atomic E-state index is 0.221. The van der Waals surface area contributed by atoms with Crippen LogP contribution in [0.5, 0.6) is 0 Å². The number of rotatable bonds is 4. The normalized spacial score (nSPS) is 11.0. The number of hydrogen-bond acceptors (Lipinski definition) is 1. The fourth-order valence-corrected chi connectivity index (χ4v) is 3.97. The lowest BCUT2D eigenvalue weighted by molar-refractivity contribution is 0.587. The van der Waals surface area contributed by atoms with Crippen LogP contribution in [0.2, 0.25) is 0 Å². The van der Waals surface area contributed by atoms with Crippen LogP contribution in [0, 0.1) is 19.7 Å². The van der Waals surface area contributed by atoms with E-state index in [1.54, 1.807) is 12.1 Å². The highest BCUT2D eigenvalue weighted by atomic mass is 79.9. The van der Waals surface area contributed by atoms with Gasteiger partial charge in [0.1, 0.15) is 11.5 Å². The van der Waals surface area contributed by atoms with E-state index in [2.05, 4.69) is 78.3 Å². The predicted octanol–water partition coefficient (Wildman–Crippen LogP) is 6.78. The Labute approximate surface area is 172 Å². The molecule has 1 heterocycles. The molecule has 0 amide bonds. The van der Waals surface area contributed by atoms with Gasteiger partial charge < -0.3 is 0 Å². The van der Waals surface area contributed by atoms with Gasteiger partial charge in [-0.05, 0) is 35.8 Å². The summed E-state index contributed by atoms with van der Waals surface area (Å²) in [5.41, 5.74) is 6.87. The van der Waals surface area contributed by atoms with Gasteiger partial charge in [-0.15, -0.1) is 0 Å². The Balaban J connectivity index is 1.87. The number of aromatic nitrogens is 2. The molecule has 140 valence electrons. The molecule has 0 atom stereocenters. The van der Waals surface area contributed by atoms with E-state index in [1.807, 2.05) is 10.7 Å². The molecular formula is C24H20BrFN2. The molecule has 1 aromatic heterocycles. The van der Waals surface area contributed by atoms with Gasteiger partial charge in [0.2, 0.25) is 0 Å². The Morgan fingerprint density at radius 3 is 2.00 bits per heavy atom. The van der Waals surface area contributed by atoms with Gasteiger partial charge >= 0.3 is 0 Å². The Kier molecular flexibility index (Phi) is 5.14. The zero-order chi connectivity index (χ0) is 19.7. The molecule has 0 aliphatic carbocycles. The minimum Gasteiger partial charge on any atom is -0.259 e. The smallest absolute Gasteiger partial charge is 0.128 e. The summed E-state index contributed by atoms with van der Waals surface area (Å²) in [4.78, 5) is 0. The van der Waals surface area contributed by atoms with E-state index < -0.39 is 0 Å². The molecule has 4 aromatic rings. The average molecular weight is 435 g/mol. The first-order chi connectivity index (χ1) is 13.5. The van der Waals surface area contributed by atoms with Gasteiger partial charge in [-0.3, -0.25) is 4.68 Å². The van der Waals surface area contributed by atoms with Crippen LogP contribution in [0.3, 0.4) is 0 Å². The van der Waals surface area contributed by atoms with Crippen molar-refractivity contribution in [2.45, 2.75) is 20.4 Å². The van der Waals surface area contributed by atoms with Crippen LogP contribution in [-0.2, 0) is 6.54 Å². The maximum atomic E-state index is 14.3. The van der Waals surface area contributed by atoms with Crippen molar-refractivity contribution in [3.8, 4) is 22.5 Å². The van der Waals surface area contributed by atoms with Gasteiger partial charge in [-0.2, -0.15) is 5.10 Å². The van der Waals surface area contributed by atoms with Crippen LogP contribution in [-0.4, -0.2) is 9.78 Å². The zero-order valence-electron chi connectivity index (χ0n) is 15.8. The highest BCUT2D eigenvalue weighted by molar-refractivity contribution is 9.10. The summed E-state index contributed by atoms with van der Waals surface area (Å²) in [6.45, 7) is 4.49. The molecule has 0 aliphatic rings. The monoisotopic (exact) mass is 434 g/mol. The molecule has 0 unspecified atom stereocenters. The van der Waals surface area contributed by atoms with Gasteiger partial charge in [-0.1, -0.05) is 77.9 Å². The molecule has 0 fully saturated rings. The van der Waals surface area contributed by atoms with Gasteiger partial charge in [0, 0.05) is 16.7 Å². The van der Waals surface area contributed by atoms with E-state index >= 15 is 0 Å². The van der Waals surface area contributed by atoms with E-state index in [0.717, 1.165) is 27.0 Å². The SMILES string of the molecule is Cc1ccc(-c2nn(Cc3ccccc3F)c(-c3ccc(C)cc3)c2Br)cc1. The average Bonchev–Trinajstić information content (AvgIpc) is 3.01. The van der Waals surface area contributed by atoms with Crippen LogP contribution >= 0.6 is 15.9 Å². The van der Waals surface area contributed by atoms with Crippen LogP contribution in [0.4, 0.5) is 4.39 Å². The first-order valence-corrected chi connectivity index (χ1v) is 9.96. The lowest BCUT2D eigenvalue weighted by Gasteiger charge is -2.09. The van der Waals surface area contributed by atoms with Crippen molar-refractivity contribution in [1.29, 1.82) is 0 Å². The van der Waals surface area contributed by atoms with Crippen molar-refractivity contribution in [1.82, 2.24) is 9.78 Å². The molecule has 0 aliphatic heterocycles. The molecule has 4 heteroatoms. The Morgan fingerprint density at radius 2 is 1.39 bits per heavy atom. The summed E-state index contributed by atoms with van der Waals surface area (Å²) in [5, 5.41) is 4.85. The summed E-state index contributed by atoms with van der Waals surface area (Å²) >= 11 is 3.77. The van der Waals surface area contributed by atoms with E-state index in [9.17, 15) is 4.39 Å². The maximum absolute atomic E-state index is 14.3. The number of nitrogens with zero attached hydrogens (tertiary/aromatic N) is 2. The third-order valence-corrected chi connectivity index (χ3v) is 5.57. The lowest BCUT2D eigenvalue weighted by atomic mass is 10.1. The molecule has 0 N–H and O–H groups in total. The summed E-state index contributed by atoms with van der Waals surface area (Å²) in [7, 11) is 0. The van der Waals surface area contributed by atoms with Crippen molar-refractivity contribution in [3.05, 3.63) is 99.8 Å². The first kappa shape index (κ1) is 18.6. The van der Waals surface area contributed by atoms with Gasteiger partial charge in [0.15, 0.2) is 0 Å². The van der Waals surface area contributed by atoms with E-state index in [1.165, 1.54) is 17.2 Å². The fourth-order valence-electron chi connectivity index (χ4n) is 3.23. The highest BCUT2D eigenvalue weighted by Crippen LogP contribution is 2.37. The van der Waals surface area contributed by atoms with Crippen molar-refractivity contribution >= 4 is 15.9 Å². The first-order valence-electron chi connectivity index (χ1n) is 9.17. The standard InChI is InChI=1S/C24H20BrFN2/c1-16-7-11-18(12-8-16)23-22(25)24(19-13-9-17(2)10-14-19)28(27-23)15-20-5-3-4-6-21(20)26/h3-14H,15H2,1-2H3. The summed E-state index contributed by atoms with van der Waals surface area (Å²) in [5.74, 6) is -0.221. The third-order valence-electron chi connectivity index (χ3n) is 4.82. The lowest BCUT2D eigenvalue weighted by Crippen LogP contribution is -2.05. The quantitative estimate of drug-likeness (QED) is 0.345. The van der Waals surface area contributed by atoms with Gasteiger partial charge in [0.05, 0.1) is 16.7 Å². The van der Waals surface area contributed by atoms with E-state index in [-0.39, 0.29) is 5.82 Å². The molecule has 0 saturated carbocycles. The van der Waals surface area contributed by atoms with Crippen LogP contribution in [0.15, 0.2) is 77.3 Å².